The topological polar surface area (TPSA) is 84.7 Å². The molecule has 0 bridgehead atoms. The summed E-state index contributed by atoms with van der Waals surface area (Å²) in [7, 11) is 0.0707. The van der Waals surface area contributed by atoms with Gasteiger partial charge in [-0.15, -0.1) is 0 Å². The summed E-state index contributed by atoms with van der Waals surface area (Å²) in [6.07, 6.45) is 0. The van der Waals surface area contributed by atoms with Gasteiger partial charge in [0.2, 0.25) is 10.0 Å². The van der Waals surface area contributed by atoms with Crippen LogP contribution in [0.4, 0.5) is 10.1 Å². The van der Waals surface area contributed by atoms with Gasteiger partial charge in [0.05, 0.1) is 23.8 Å². The van der Waals surface area contributed by atoms with Crippen LogP contribution in [0.1, 0.15) is 0 Å². The van der Waals surface area contributed by atoms with Crippen molar-refractivity contribution >= 4 is 31.6 Å². The zero-order chi connectivity index (χ0) is 16.0. The summed E-state index contributed by atoms with van der Waals surface area (Å²) >= 11 is 3.02. The molecule has 0 radical (unpaired) electrons. The molecule has 1 aromatic rings. The second-order valence-corrected chi connectivity index (χ2v) is 7.21. The number of nitrogen functional groups attached to an aromatic ring is 1. The number of halogens is 2. The zero-order valence-electron chi connectivity index (χ0n) is 11.9. The summed E-state index contributed by atoms with van der Waals surface area (Å²) in [4.78, 5) is 1.86. The van der Waals surface area contributed by atoms with E-state index in [4.69, 9.17) is 10.5 Å². The number of hydrogen-bond donors (Lipinski definition) is 2. The molecule has 0 aromatic heterocycles. The van der Waals surface area contributed by atoms with Crippen molar-refractivity contribution in [1.82, 2.24) is 9.62 Å². The lowest BCUT2D eigenvalue weighted by Crippen LogP contribution is -2.29. The molecule has 0 amide bonds. The summed E-state index contributed by atoms with van der Waals surface area (Å²) in [6.45, 7) is 1.65. The molecular formula is C12H19BrFN3O3S. The van der Waals surface area contributed by atoms with E-state index in [9.17, 15) is 12.8 Å². The molecular weight excluding hydrogens is 365 g/mol. The second kappa shape index (κ2) is 8.04. The minimum atomic E-state index is -3.77. The van der Waals surface area contributed by atoms with Crippen LogP contribution < -0.4 is 10.5 Å². The maximum atomic E-state index is 13.2. The minimum absolute atomic E-state index is 0.102. The van der Waals surface area contributed by atoms with E-state index in [1.54, 1.807) is 0 Å². The van der Waals surface area contributed by atoms with E-state index in [0.717, 1.165) is 18.7 Å². The number of nitrogens with two attached hydrogens (primary N) is 1. The first-order chi connectivity index (χ1) is 9.74. The molecule has 0 heterocycles. The van der Waals surface area contributed by atoms with Gasteiger partial charge in [0, 0.05) is 17.6 Å². The zero-order valence-corrected chi connectivity index (χ0v) is 14.3. The van der Waals surface area contributed by atoms with Gasteiger partial charge in [-0.2, -0.15) is 0 Å². The average Bonchev–Trinajstić information content (AvgIpc) is 2.37. The van der Waals surface area contributed by atoms with E-state index < -0.39 is 15.8 Å². The van der Waals surface area contributed by atoms with Crippen LogP contribution in [0.2, 0.25) is 0 Å². The second-order valence-electron chi connectivity index (χ2n) is 4.62. The Morgan fingerprint density at radius 1 is 1.38 bits per heavy atom. The van der Waals surface area contributed by atoms with Crippen LogP contribution in [0, 0.1) is 5.82 Å². The molecule has 0 aliphatic heterocycles. The lowest BCUT2D eigenvalue weighted by Gasteiger charge is -2.11. The molecule has 9 heteroatoms. The van der Waals surface area contributed by atoms with Gasteiger partial charge in [-0.3, -0.25) is 0 Å². The third-order valence-corrected chi connectivity index (χ3v) is 4.98. The first-order valence-corrected chi connectivity index (χ1v) is 8.48. The first-order valence-electron chi connectivity index (χ1n) is 6.20. The molecule has 120 valence electrons. The molecule has 0 spiro atoms. The van der Waals surface area contributed by atoms with E-state index in [2.05, 4.69) is 20.7 Å². The summed E-state index contributed by atoms with van der Waals surface area (Å²) in [5, 5.41) is 0. The number of rotatable bonds is 8. The molecule has 0 atom stereocenters. The van der Waals surface area contributed by atoms with Crippen molar-refractivity contribution in [3.63, 3.8) is 0 Å². The van der Waals surface area contributed by atoms with Crippen LogP contribution in [0.25, 0.3) is 0 Å². The minimum Gasteiger partial charge on any atom is -0.396 e. The highest BCUT2D eigenvalue weighted by Crippen LogP contribution is 2.26. The maximum Gasteiger partial charge on any atom is 0.241 e. The van der Waals surface area contributed by atoms with Crippen molar-refractivity contribution in [2.45, 2.75) is 4.90 Å². The summed E-state index contributed by atoms with van der Waals surface area (Å²) < 4.78 is 45.1. The van der Waals surface area contributed by atoms with Gasteiger partial charge >= 0.3 is 0 Å². The molecule has 0 saturated carbocycles. The third kappa shape index (κ3) is 5.87. The Labute approximate surface area is 132 Å². The Morgan fingerprint density at radius 2 is 2.05 bits per heavy atom. The van der Waals surface area contributed by atoms with Crippen molar-refractivity contribution in [2.24, 2.45) is 0 Å². The first kappa shape index (κ1) is 18.3. The monoisotopic (exact) mass is 383 g/mol. The highest BCUT2D eigenvalue weighted by molar-refractivity contribution is 9.10. The Balaban J connectivity index is 2.56. The largest absolute Gasteiger partial charge is 0.396 e. The van der Waals surface area contributed by atoms with Gasteiger partial charge in [0.15, 0.2) is 0 Å². The van der Waals surface area contributed by atoms with Crippen molar-refractivity contribution in [3.8, 4) is 0 Å². The van der Waals surface area contributed by atoms with Gasteiger partial charge in [0.1, 0.15) is 5.82 Å². The molecule has 1 aromatic carbocycles. The molecule has 3 N–H and O–H groups in total. The van der Waals surface area contributed by atoms with Crippen molar-refractivity contribution in [2.75, 3.05) is 46.1 Å². The van der Waals surface area contributed by atoms with Gasteiger partial charge in [-0.05, 0) is 42.2 Å². The van der Waals surface area contributed by atoms with E-state index in [-0.39, 0.29) is 28.2 Å². The van der Waals surface area contributed by atoms with E-state index in [0.29, 0.717) is 6.61 Å². The lowest BCUT2D eigenvalue weighted by molar-refractivity contribution is 0.122. The lowest BCUT2D eigenvalue weighted by atomic mass is 10.3. The number of likely N-dealkylation sites (N-methyl/N-ethyl adjacent to an activating group) is 1. The third-order valence-electron chi connectivity index (χ3n) is 2.56. The van der Waals surface area contributed by atoms with Crippen LogP contribution >= 0.6 is 15.9 Å². The number of sulfonamides is 1. The maximum absolute atomic E-state index is 13.2. The summed E-state index contributed by atoms with van der Waals surface area (Å²) in [6, 6.07) is 2.10. The Kier molecular flexibility index (Phi) is 7.01. The van der Waals surface area contributed by atoms with Crippen LogP contribution in [0.15, 0.2) is 21.5 Å². The van der Waals surface area contributed by atoms with E-state index in [1.165, 1.54) is 0 Å². The van der Waals surface area contributed by atoms with E-state index >= 15 is 0 Å². The molecule has 6 nitrogen and oxygen atoms in total. The van der Waals surface area contributed by atoms with Crippen LogP contribution in [-0.2, 0) is 14.8 Å². The number of ether oxygens (including phenoxy) is 1. The molecule has 0 saturated heterocycles. The SMILES string of the molecule is CN(C)CCOCCNS(=O)(=O)c1cc(N)c(F)cc1Br. The standard InChI is InChI=1S/C12H19BrFN3O3S/c1-17(2)4-6-20-5-3-16-21(18,19)12-8-11(15)10(14)7-9(12)13/h7-8,16H,3-6,15H2,1-2H3. The fraction of sp³-hybridized carbons (Fsp3) is 0.500. The average molecular weight is 384 g/mol. The van der Waals surface area contributed by atoms with Crippen molar-refractivity contribution in [1.29, 1.82) is 0 Å². The van der Waals surface area contributed by atoms with Gasteiger partial charge in [-0.1, -0.05) is 0 Å². The Hall–Kier alpha value is -0.740. The molecule has 0 aliphatic carbocycles. The predicted octanol–water partition coefficient (Wildman–Crippen LogP) is 1.03. The molecule has 21 heavy (non-hydrogen) atoms. The number of nitrogens with zero attached hydrogens (tertiary/aromatic N) is 1. The Morgan fingerprint density at radius 3 is 2.67 bits per heavy atom. The highest BCUT2D eigenvalue weighted by Gasteiger charge is 2.19. The number of hydrogen-bond acceptors (Lipinski definition) is 5. The van der Waals surface area contributed by atoms with E-state index in [1.807, 2.05) is 19.0 Å². The quantitative estimate of drug-likeness (QED) is 0.517. The fourth-order valence-electron chi connectivity index (χ4n) is 1.43. The van der Waals surface area contributed by atoms with Gasteiger partial charge in [0.25, 0.3) is 0 Å². The van der Waals surface area contributed by atoms with Gasteiger partial charge < -0.3 is 15.4 Å². The molecule has 0 aliphatic rings. The van der Waals surface area contributed by atoms with Crippen molar-refractivity contribution < 1.29 is 17.5 Å². The number of nitrogens with one attached hydrogen (secondary N) is 1. The fourth-order valence-corrected chi connectivity index (χ4v) is 3.49. The molecule has 0 fully saturated rings. The van der Waals surface area contributed by atoms with Crippen molar-refractivity contribution in [3.05, 3.63) is 22.4 Å². The van der Waals surface area contributed by atoms with Crippen LogP contribution in [0.5, 0.6) is 0 Å². The number of benzene rings is 1. The molecule has 0 unspecified atom stereocenters. The predicted molar refractivity (Wildman–Crippen MR) is 83.1 cm³/mol. The van der Waals surface area contributed by atoms with Gasteiger partial charge in [-0.25, -0.2) is 17.5 Å². The normalized spacial score (nSPS) is 12.0. The summed E-state index contributed by atoms with van der Waals surface area (Å²) in [5.41, 5.74) is 5.17. The van der Waals surface area contributed by atoms with Crippen LogP contribution in [0.3, 0.4) is 0 Å². The van der Waals surface area contributed by atoms with Crippen LogP contribution in [-0.4, -0.2) is 53.7 Å². The highest BCUT2D eigenvalue weighted by atomic mass is 79.9. The Bertz CT molecular complexity index is 581. The smallest absolute Gasteiger partial charge is 0.241 e. The molecule has 1 rings (SSSR count). The number of anilines is 1. The summed E-state index contributed by atoms with van der Waals surface area (Å²) in [5.74, 6) is -0.673.